The maximum absolute atomic E-state index is 12.5. The molecule has 3 N–H and O–H groups in total. The van der Waals surface area contributed by atoms with Gasteiger partial charge < -0.3 is 5.73 Å². The Kier molecular flexibility index (Phi) is 3.82. The number of aryl methyl sites for hydroxylation is 4. The van der Waals surface area contributed by atoms with Crippen molar-refractivity contribution in [1.29, 1.82) is 0 Å². The molecule has 2 rings (SSSR count). The number of hydrogen-bond donors (Lipinski definition) is 2. The van der Waals surface area contributed by atoms with Gasteiger partial charge in [-0.05, 0) is 38.8 Å². The molecule has 0 radical (unpaired) electrons. The van der Waals surface area contributed by atoms with Gasteiger partial charge in [-0.15, -0.1) is 5.10 Å². The van der Waals surface area contributed by atoms with E-state index in [9.17, 15) is 8.42 Å². The topological polar surface area (TPSA) is 111 Å². The van der Waals surface area contributed by atoms with Crippen molar-refractivity contribution in [2.24, 2.45) is 0 Å². The van der Waals surface area contributed by atoms with E-state index >= 15 is 0 Å². The van der Waals surface area contributed by atoms with Crippen LogP contribution in [0.1, 0.15) is 22.5 Å². The van der Waals surface area contributed by atoms with Gasteiger partial charge in [-0.25, -0.2) is 18.1 Å². The summed E-state index contributed by atoms with van der Waals surface area (Å²) in [7, 11) is -3.87. The number of nitrogens with zero attached hydrogens (tertiary/aromatic N) is 3. The summed E-state index contributed by atoms with van der Waals surface area (Å²) in [6.45, 7) is 6.91. The summed E-state index contributed by atoms with van der Waals surface area (Å²) < 4.78 is 27.3. The summed E-state index contributed by atoms with van der Waals surface area (Å²) in [6, 6.07) is 3.48. The van der Waals surface area contributed by atoms with Crippen LogP contribution in [0, 0.1) is 27.7 Å². The van der Waals surface area contributed by atoms with Crippen LogP contribution in [0.3, 0.4) is 0 Å². The minimum atomic E-state index is -3.87. The van der Waals surface area contributed by atoms with Crippen molar-refractivity contribution in [2.75, 3.05) is 10.5 Å². The van der Waals surface area contributed by atoms with Gasteiger partial charge in [0.25, 0.3) is 16.0 Å². The molecule has 0 fully saturated rings. The third-order valence-electron chi connectivity index (χ3n) is 3.20. The van der Waals surface area contributed by atoms with Crippen molar-refractivity contribution in [3.63, 3.8) is 0 Å². The first kappa shape index (κ1) is 15.2. The van der Waals surface area contributed by atoms with Gasteiger partial charge in [0.15, 0.2) is 0 Å². The van der Waals surface area contributed by atoms with E-state index in [1.54, 1.807) is 39.8 Å². The second kappa shape index (κ2) is 5.28. The van der Waals surface area contributed by atoms with E-state index in [0.717, 1.165) is 0 Å². The number of nitrogens with one attached hydrogen (secondary N) is 1. The lowest BCUT2D eigenvalue weighted by Crippen LogP contribution is -2.19. The lowest BCUT2D eigenvalue weighted by Gasteiger charge is -2.13. The van der Waals surface area contributed by atoms with E-state index in [1.165, 1.54) is 0 Å². The number of nitrogen functional groups attached to an aromatic ring is 1. The van der Waals surface area contributed by atoms with E-state index in [0.29, 0.717) is 22.5 Å². The van der Waals surface area contributed by atoms with Gasteiger partial charge in [0.1, 0.15) is 4.90 Å². The van der Waals surface area contributed by atoms with Gasteiger partial charge in [0, 0.05) is 0 Å². The molecule has 0 amide bonds. The molecule has 1 aromatic carbocycles. The monoisotopic (exact) mass is 307 g/mol. The average Bonchev–Trinajstić information content (AvgIpc) is 2.38. The molecule has 0 unspecified atom stereocenters. The third kappa shape index (κ3) is 2.94. The maximum Gasteiger partial charge on any atom is 0.266 e. The Balaban J connectivity index is 2.48. The summed E-state index contributed by atoms with van der Waals surface area (Å²) in [5, 5.41) is 7.59. The zero-order valence-electron chi connectivity index (χ0n) is 12.3. The molecule has 7 nitrogen and oxygen atoms in total. The highest BCUT2D eigenvalue weighted by molar-refractivity contribution is 7.93. The van der Waals surface area contributed by atoms with E-state index in [1.807, 2.05) is 0 Å². The molecule has 0 saturated carbocycles. The number of nitrogens with two attached hydrogens (primary N) is 1. The minimum absolute atomic E-state index is 0.0457. The molecule has 0 aliphatic rings. The molecule has 21 heavy (non-hydrogen) atoms. The molecule has 0 spiro atoms. The number of sulfonamides is 1. The van der Waals surface area contributed by atoms with Gasteiger partial charge in [0.05, 0.1) is 17.1 Å². The molecule has 0 aliphatic heterocycles. The largest absolute Gasteiger partial charge is 0.397 e. The number of anilines is 2. The Bertz CT molecular complexity index is 802. The van der Waals surface area contributed by atoms with E-state index in [4.69, 9.17) is 5.73 Å². The smallest absolute Gasteiger partial charge is 0.266 e. The lowest BCUT2D eigenvalue weighted by atomic mass is 10.1. The fourth-order valence-electron chi connectivity index (χ4n) is 1.83. The summed E-state index contributed by atoms with van der Waals surface area (Å²) in [4.78, 5) is 4.11. The quantitative estimate of drug-likeness (QED) is 0.831. The highest BCUT2D eigenvalue weighted by Crippen LogP contribution is 2.27. The van der Waals surface area contributed by atoms with Crippen LogP contribution in [0.15, 0.2) is 17.0 Å². The van der Waals surface area contributed by atoms with Crippen molar-refractivity contribution < 1.29 is 8.42 Å². The maximum atomic E-state index is 12.5. The summed E-state index contributed by atoms with van der Waals surface area (Å²) >= 11 is 0. The highest BCUT2D eigenvalue weighted by atomic mass is 32.2. The second-order valence-corrected chi connectivity index (χ2v) is 6.47. The van der Waals surface area contributed by atoms with Gasteiger partial charge in [0.2, 0.25) is 0 Å². The zero-order chi connectivity index (χ0) is 15.8. The molecule has 2 aromatic rings. The number of rotatable bonds is 3. The summed E-state index contributed by atoms with van der Waals surface area (Å²) in [5.41, 5.74) is 8.63. The molecular formula is C13H17N5O2S. The Morgan fingerprint density at radius 2 is 1.62 bits per heavy atom. The Labute approximate surface area is 123 Å². The average molecular weight is 307 g/mol. The standard InChI is InChI=1S/C13H17N5O2S/c1-7-5-6-8(2)12(11(7)14)21(19,20)18-13-15-9(3)10(4)16-17-13/h5-6H,14H2,1-4H3,(H,15,17,18). The van der Waals surface area contributed by atoms with Crippen molar-refractivity contribution in [3.05, 3.63) is 34.6 Å². The van der Waals surface area contributed by atoms with Crippen LogP contribution in [-0.2, 0) is 10.0 Å². The molecule has 0 atom stereocenters. The van der Waals surface area contributed by atoms with Crippen molar-refractivity contribution in [1.82, 2.24) is 15.2 Å². The Morgan fingerprint density at radius 3 is 2.24 bits per heavy atom. The van der Waals surface area contributed by atoms with Crippen molar-refractivity contribution >= 4 is 21.7 Å². The predicted molar refractivity (Wildman–Crippen MR) is 80.4 cm³/mol. The molecule has 1 heterocycles. The van der Waals surface area contributed by atoms with Crippen molar-refractivity contribution in [2.45, 2.75) is 32.6 Å². The third-order valence-corrected chi connectivity index (χ3v) is 4.73. The van der Waals surface area contributed by atoms with E-state index in [2.05, 4.69) is 19.9 Å². The number of benzene rings is 1. The van der Waals surface area contributed by atoms with Gasteiger partial charge in [-0.2, -0.15) is 5.10 Å². The van der Waals surface area contributed by atoms with Crippen molar-refractivity contribution in [3.8, 4) is 0 Å². The Morgan fingerprint density at radius 1 is 1.00 bits per heavy atom. The van der Waals surface area contributed by atoms with Crippen LogP contribution in [0.2, 0.25) is 0 Å². The molecular weight excluding hydrogens is 290 g/mol. The highest BCUT2D eigenvalue weighted by Gasteiger charge is 2.22. The summed E-state index contributed by atoms with van der Waals surface area (Å²) in [6.07, 6.45) is 0. The molecule has 8 heteroatoms. The lowest BCUT2D eigenvalue weighted by molar-refractivity contribution is 0.600. The van der Waals surface area contributed by atoms with Crippen LogP contribution in [0.4, 0.5) is 11.6 Å². The van der Waals surface area contributed by atoms with Gasteiger partial charge >= 0.3 is 0 Å². The molecule has 112 valence electrons. The zero-order valence-corrected chi connectivity index (χ0v) is 13.1. The normalized spacial score (nSPS) is 11.4. The van der Waals surface area contributed by atoms with Crippen LogP contribution in [0.5, 0.6) is 0 Å². The van der Waals surface area contributed by atoms with Crippen LogP contribution in [0.25, 0.3) is 0 Å². The van der Waals surface area contributed by atoms with Crippen LogP contribution >= 0.6 is 0 Å². The molecule has 0 bridgehead atoms. The number of aromatic nitrogens is 3. The van der Waals surface area contributed by atoms with Gasteiger partial charge in [-0.3, -0.25) is 0 Å². The molecule has 1 aromatic heterocycles. The van der Waals surface area contributed by atoms with Crippen LogP contribution in [-0.4, -0.2) is 23.6 Å². The van der Waals surface area contributed by atoms with E-state index < -0.39 is 10.0 Å². The first-order chi connectivity index (χ1) is 9.72. The SMILES string of the molecule is Cc1ccc(C)c(S(=O)(=O)Nc2nnc(C)c(C)n2)c1N. The minimum Gasteiger partial charge on any atom is -0.397 e. The fraction of sp³-hybridized carbons (Fsp3) is 0.308. The first-order valence-corrected chi connectivity index (χ1v) is 7.77. The fourth-order valence-corrected chi connectivity index (χ4v) is 3.21. The van der Waals surface area contributed by atoms with Crippen LogP contribution < -0.4 is 10.5 Å². The predicted octanol–water partition coefficient (Wildman–Crippen LogP) is 1.49. The summed E-state index contributed by atoms with van der Waals surface area (Å²) in [5.74, 6) is -0.0709. The first-order valence-electron chi connectivity index (χ1n) is 6.29. The Hall–Kier alpha value is -2.22. The van der Waals surface area contributed by atoms with E-state index in [-0.39, 0.29) is 16.5 Å². The second-order valence-electron chi connectivity index (χ2n) is 4.85. The number of hydrogen-bond acceptors (Lipinski definition) is 6. The van der Waals surface area contributed by atoms with Gasteiger partial charge in [-0.1, -0.05) is 12.1 Å². The molecule has 0 saturated heterocycles. The molecule has 0 aliphatic carbocycles.